The van der Waals surface area contributed by atoms with Gasteiger partial charge in [0.1, 0.15) is 5.25 Å². The van der Waals surface area contributed by atoms with Crippen LogP contribution in [-0.4, -0.2) is 42.9 Å². The topological polar surface area (TPSA) is 101 Å². The first-order valence-electron chi connectivity index (χ1n) is 6.31. The smallest absolute Gasteiger partial charge is 0.311 e. The number of amides is 1. The number of carboxylic acid groups (broad SMARTS) is 1. The SMILES string of the molecule is CC(C(=O)NC1CCCCC1(C)C(=O)O)S(C)(=O)=O. The van der Waals surface area contributed by atoms with Gasteiger partial charge < -0.3 is 10.4 Å². The summed E-state index contributed by atoms with van der Waals surface area (Å²) in [6.45, 7) is 2.91. The predicted octanol–water partition coefficient (Wildman–Crippen LogP) is 0.569. The summed E-state index contributed by atoms with van der Waals surface area (Å²) < 4.78 is 22.7. The Hall–Kier alpha value is -1.11. The van der Waals surface area contributed by atoms with Crippen LogP contribution in [0.2, 0.25) is 0 Å². The van der Waals surface area contributed by atoms with Gasteiger partial charge in [0.25, 0.3) is 0 Å². The Morgan fingerprint density at radius 3 is 2.42 bits per heavy atom. The van der Waals surface area contributed by atoms with Crippen LogP contribution in [0.1, 0.15) is 39.5 Å². The van der Waals surface area contributed by atoms with Crippen LogP contribution in [0, 0.1) is 5.41 Å². The number of carbonyl (C=O) groups excluding carboxylic acids is 1. The molecule has 1 rings (SSSR count). The lowest BCUT2D eigenvalue weighted by atomic mass is 9.71. The van der Waals surface area contributed by atoms with Crippen LogP contribution in [0.4, 0.5) is 0 Å². The predicted molar refractivity (Wildman–Crippen MR) is 70.4 cm³/mol. The number of hydrogen-bond donors (Lipinski definition) is 2. The molecule has 0 bridgehead atoms. The fraction of sp³-hybridized carbons (Fsp3) is 0.833. The number of hydrogen-bond acceptors (Lipinski definition) is 4. The molecule has 1 fully saturated rings. The standard InChI is InChI=1S/C12H21NO5S/c1-8(19(3,17)18)10(14)13-9-6-4-5-7-12(9,2)11(15)16/h8-9H,4-7H2,1-3H3,(H,13,14)(H,15,16). The fourth-order valence-electron chi connectivity index (χ4n) is 2.30. The molecule has 0 spiro atoms. The zero-order chi connectivity index (χ0) is 14.8. The molecule has 1 aliphatic rings. The van der Waals surface area contributed by atoms with Gasteiger partial charge in [-0.15, -0.1) is 0 Å². The summed E-state index contributed by atoms with van der Waals surface area (Å²) in [5.41, 5.74) is -1.02. The van der Waals surface area contributed by atoms with Crippen molar-refractivity contribution >= 4 is 21.7 Å². The highest BCUT2D eigenvalue weighted by Gasteiger charge is 2.44. The highest BCUT2D eigenvalue weighted by molar-refractivity contribution is 7.92. The Bertz CT molecular complexity index is 473. The van der Waals surface area contributed by atoms with Crippen molar-refractivity contribution in [3.8, 4) is 0 Å². The Balaban J connectivity index is 2.85. The van der Waals surface area contributed by atoms with E-state index in [0.717, 1.165) is 19.1 Å². The molecule has 1 saturated carbocycles. The lowest BCUT2D eigenvalue weighted by Gasteiger charge is -2.38. The van der Waals surface area contributed by atoms with Crippen LogP contribution < -0.4 is 5.32 Å². The Morgan fingerprint density at radius 1 is 1.37 bits per heavy atom. The third-order valence-electron chi connectivity index (χ3n) is 4.02. The molecule has 0 saturated heterocycles. The second kappa shape index (κ2) is 5.48. The number of carboxylic acids is 1. The highest BCUT2D eigenvalue weighted by Crippen LogP contribution is 2.36. The average molecular weight is 291 g/mol. The molecule has 0 aromatic rings. The number of nitrogens with one attached hydrogen (secondary N) is 1. The van der Waals surface area contributed by atoms with E-state index in [0.29, 0.717) is 12.8 Å². The van der Waals surface area contributed by atoms with E-state index in [9.17, 15) is 23.1 Å². The first kappa shape index (κ1) is 15.9. The van der Waals surface area contributed by atoms with Crippen LogP contribution in [0.25, 0.3) is 0 Å². The summed E-state index contributed by atoms with van der Waals surface area (Å²) in [5, 5.41) is 10.7. The first-order valence-corrected chi connectivity index (χ1v) is 8.27. The molecular formula is C12H21NO5S. The van der Waals surface area contributed by atoms with Crippen molar-refractivity contribution in [3.05, 3.63) is 0 Å². The van der Waals surface area contributed by atoms with Crippen molar-refractivity contribution in [2.24, 2.45) is 5.41 Å². The molecule has 2 N–H and O–H groups in total. The molecule has 110 valence electrons. The molecule has 6 nitrogen and oxygen atoms in total. The Labute approximate surface area is 113 Å². The minimum atomic E-state index is -3.47. The van der Waals surface area contributed by atoms with Gasteiger partial charge in [0, 0.05) is 12.3 Å². The van der Waals surface area contributed by atoms with Gasteiger partial charge in [-0.05, 0) is 26.7 Å². The number of aliphatic carboxylic acids is 1. The Morgan fingerprint density at radius 2 is 1.95 bits per heavy atom. The van der Waals surface area contributed by atoms with Crippen molar-refractivity contribution in [2.45, 2.75) is 50.8 Å². The van der Waals surface area contributed by atoms with Crippen LogP contribution in [-0.2, 0) is 19.4 Å². The maximum absolute atomic E-state index is 11.9. The summed E-state index contributed by atoms with van der Waals surface area (Å²) in [7, 11) is -3.47. The van der Waals surface area contributed by atoms with E-state index in [2.05, 4.69) is 5.32 Å². The molecule has 7 heteroatoms. The van der Waals surface area contributed by atoms with Crippen molar-refractivity contribution in [1.82, 2.24) is 5.32 Å². The summed E-state index contributed by atoms with van der Waals surface area (Å²) in [4.78, 5) is 23.3. The van der Waals surface area contributed by atoms with Crippen LogP contribution in [0.3, 0.4) is 0 Å². The molecule has 19 heavy (non-hydrogen) atoms. The lowest BCUT2D eigenvalue weighted by molar-refractivity contribution is -0.152. The quantitative estimate of drug-likeness (QED) is 0.788. The van der Waals surface area contributed by atoms with Gasteiger partial charge in [0.05, 0.1) is 5.41 Å². The van der Waals surface area contributed by atoms with Gasteiger partial charge >= 0.3 is 5.97 Å². The summed E-state index contributed by atoms with van der Waals surface area (Å²) in [6.07, 6.45) is 3.68. The van der Waals surface area contributed by atoms with E-state index in [1.165, 1.54) is 6.92 Å². The van der Waals surface area contributed by atoms with Gasteiger partial charge in [-0.1, -0.05) is 12.8 Å². The van der Waals surface area contributed by atoms with Crippen molar-refractivity contribution in [3.63, 3.8) is 0 Å². The summed E-state index contributed by atoms with van der Waals surface area (Å²) >= 11 is 0. The van der Waals surface area contributed by atoms with Gasteiger partial charge in [0.2, 0.25) is 5.91 Å². The van der Waals surface area contributed by atoms with Crippen LogP contribution in [0.15, 0.2) is 0 Å². The molecule has 3 atom stereocenters. The minimum Gasteiger partial charge on any atom is -0.481 e. The third-order valence-corrected chi connectivity index (χ3v) is 5.52. The first-order chi connectivity index (χ1) is 8.59. The van der Waals surface area contributed by atoms with Gasteiger partial charge in [0.15, 0.2) is 9.84 Å². The molecule has 0 aliphatic heterocycles. The van der Waals surface area contributed by atoms with Crippen molar-refractivity contribution in [2.75, 3.05) is 6.26 Å². The summed E-state index contributed by atoms with van der Waals surface area (Å²) in [5.74, 6) is -1.58. The number of rotatable bonds is 4. The lowest BCUT2D eigenvalue weighted by Crippen LogP contribution is -2.54. The third kappa shape index (κ3) is 3.46. The van der Waals surface area contributed by atoms with E-state index in [4.69, 9.17) is 0 Å². The highest BCUT2D eigenvalue weighted by atomic mass is 32.2. The second-order valence-electron chi connectivity index (χ2n) is 5.50. The van der Waals surface area contributed by atoms with E-state index >= 15 is 0 Å². The van der Waals surface area contributed by atoms with Crippen LogP contribution in [0.5, 0.6) is 0 Å². The van der Waals surface area contributed by atoms with Crippen LogP contribution >= 0.6 is 0 Å². The molecule has 3 unspecified atom stereocenters. The zero-order valence-electron chi connectivity index (χ0n) is 11.5. The normalized spacial score (nSPS) is 29.5. The molecule has 0 radical (unpaired) electrons. The second-order valence-corrected chi connectivity index (χ2v) is 7.87. The molecule has 0 aromatic carbocycles. The molecule has 1 aliphatic carbocycles. The van der Waals surface area contributed by atoms with Gasteiger partial charge in [-0.3, -0.25) is 9.59 Å². The van der Waals surface area contributed by atoms with E-state index in [1.54, 1.807) is 6.92 Å². The summed E-state index contributed by atoms with van der Waals surface area (Å²) in [6, 6.07) is -0.518. The average Bonchev–Trinajstić information content (AvgIpc) is 2.29. The maximum Gasteiger partial charge on any atom is 0.311 e. The largest absolute Gasteiger partial charge is 0.481 e. The number of sulfone groups is 1. The zero-order valence-corrected chi connectivity index (χ0v) is 12.3. The Kier molecular flexibility index (Phi) is 4.60. The monoisotopic (exact) mass is 291 g/mol. The van der Waals surface area contributed by atoms with Gasteiger partial charge in [-0.2, -0.15) is 0 Å². The molecular weight excluding hydrogens is 270 g/mol. The van der Waals surface area contributed by atoms with Crippen molar-refractivity contribution < 1.29 is 23.1 Å². The van der Waals surface area contributed by atoms with E-state index < -0.39 is 38.4 Å². The maximum atomic E-state index is 11.9. The molecule has 0 heterocycles. The molecule has 0 aromatic heterocycles. The van der Waals surface area contributed by atoms with E-state index in [1.807, 2.05) is 0 Å². The van der Waals surface area contributed by atoms with E-state index in [-0.39, 0.29) is 0 Å². The number of carbonyl (C=O) groups is 2. The fourth-order valence-corrected chi connectivity index (χ4v) is 2.76. The minimum absolute atomic E-state index is 0.487. The molecule has 1 amide bonds. The van der Waals surface area contributed by atoms with Crippen molar-refractivity contribution in [1.29, 1.82) is 0 Å². The van der Waals surface area contributed by atoms with Gasteiger partial charge in [-0.25, -0.2) is 8.42 Å².